The Kier molecular flexibility index (Phi) is 3.04. The van der Waals surface area contributed by atoms with Crippen molar-refractivity contribution in [3.05, 3.63) is 41.7 Å². The lowest BCUT2D eigenvalue weighted by Crippen LogP contribution is -2.04. The number of halogens is 1. The summed E-state index contributed by atoms with van der Waals surface area (Å²) in [5.41, 5.74) is 11.3. The van der Waals surface area contributed by atoms with Gasteiger partial charge in [-0.25, -0.2) is 4.39 Å². The normalized spacial score (nSPS) is 10.2. The van der Waals surface area contributed by atoms with Crippen LogP contribution >= 0.6 is 0 Å². The number of rotatable bonds is 3. The smallest absolute Gasteiger partial charge is 0.225 e. The molecule has 17 heavy (non-hydrogen) atoms. The van der Waals surface area contributed by atoms with Crippen LogP contribution in [0.15, 0.2) is 30.3 Å². The molecule has 5 nitrogen and oxygen atoms in total. The highest BCUT2D eigenvalue weighted by atomic mass is 19.1. The summed E-state index contributed by atoms with van der Waals surface area (Å²) in [6.45, 7) is 0.0581. The Bertz CT molecular complexity index is 512. The quantitative estimate of drug-likeness (QED) is 0.837. The number of nitrogens with zero attached hydrogens (tertiary/aromatic N) is 2. The third-order valence-electron chi connectivity index (χ3n) is 2.07. The lowest BCUT2D eigenvalue weighted by molar-refractivity contribution is 0.288. The van der Waals surface area contributed by atoms with E-state index in [4.69, 9.17) is 16.2 Å². The van der Waals surface area contributed by atoms with Crippen molar-refractivity contribution in [1.82, 2.24) is 9.97 Å². The van der Waals surface area contributed by atoms with E-state index >= 15 is 0 Å². The topological polar surface area (TPSA) is 87.0 Å². The maximum atomic E-state index is 13.3. The molecular formula is C11H11FN4O. The zero-order valence-corrected chi connectivity index (χ0v) is 8.93. The average molecular weight is 234 g/mol. The first-order valence-electron chi connectivity index (χ1n) is 4.91. The summed E-state index contributed by atoms with van der Waals surface area (Å²) < 4.78 is 18.6. The molecule has 1 aromatic heterocycles. The number of aromatic nitrogens is 2. The minimum absolute atomic E-state index is 0.0218. The number of anilines is 2. The number of nitrogens with two attached hydrogens (primary N) is 2. The second-order valence-electron chi connectivity index (χ2n) is 3.37. The number of nitrogen functional groups attached to an aromatic ring is 2. The van der Waals surface area contributed by atoms with Gasteiger partial charge >= 0.3 is 0 Å². The van der Waals surface area contributed by atoms with Crippen molar-refractivity contribution >= 4 is 11.8 Å². The summed E-state index contributed by atoms with van der Waals surface area (Å²) in [6.07, 6.45) is 0. The lowest BCUT2D eigenvalue weighted by Gasteiger charge is -2.06. The van der Waals surface area contributed by atoms with Gasteiger partial charge in [-0.15, -0.1) is 0 Å². The minimum Gasteiger partial charge on any atom is -0.473 e. The monoisotopic (exact) mass is 234 g/mol. The average Bonchev–Trinajstić information content (AvgIpc) is 2.27. The van der Waals surface area contributed by atoms with E-state index in [0.717, 1.165) is 0 Å². The van der Waals surface area contributed by atoms with Crippen LogP contribution in [-0.2, 0) is 6.61 Å². The summed E-state index contributed by atoms with van der Waals surface area (Å²) in [7, 11) is 0. The van der Waals surface area contributed by atoms with Crippen LogP contribution in [-0.4, -0.2) is 9.97 Å². The van der Waals surface area contributed by atoms with Crippen molar-refractivity contribution < 1.29 is 9.13 Å². The molecular weight excluding hydrogens is 223 g/mol. The van der Waals surface area contributed by atoms with Gasteiger partial charge in [0.2, 0.25) is 11.8 Å². The Hall–Kier alpha value is -2.37. The summed E-state index contributed by atoms with van der Waals surface area (Å²) >= 11 is 0. The van der Waals surface area contributed by atoms with Gasteiger partial charge in [0.1, 0.15) is 18.2 Å². The highest BCUT2D eigenvalue weighted by Gasteiger charge is 2.04. The first kappa shape index (κ1) is 11.1. The van der Waals surface area contributed by atoms with Gasteiger partial charge in [-0.1, -0.05) is 18.2 Å². The lowest BCUT2D eigenvalue weighted by atomic mass is 10.2. The summed E-state index contributed by atoms with van der Waals surface area (Å²) in [5, 5.41) is 0. The summed E-state index contributed by atoms with van der Waals surface area (Å²) in [4.78, 5) is 7.52. The molecule has 0 saturated carbocycles. The molecule has 0 spiro atoms. The van der Waals surface area contributed by atoms with Crippen LogP contribution in [0.4, 0.5) is 16.2 Å². The summed E-state index contributed by atoms with van der Waals surface area (Å²) in [5.74, 6) is 0.121. The van der Waals surface area contributed by atoms with E-state index in [1.807, 2.05) is 0 Å². The molecule has 88 valence electrons. The number of ether oxygens (including phenoxy) is 1. The van der Waals surface area contributed by atoms with Crippen molar-refractivity contribution in [2.24, 2.45) is 0 Å². The molecule has 0 amide bonds. The standard InChI is InChI=1S/C11H11FN4O/c12-8-4-2-1-3-7(8)6-17-10-5-9(13)15-11(14)16-10/h1-5H,6H2,(H4,13,14,15,16). The fraction of sp³-hybridized carbons (Fsp3) is 0.0909. The van der Waals surface area contributed by atoms with E-state index in [2.05, 4.69) is 9.97 Å². The predicted octanol–water partition coefficient (Wildman–Crippen LogP) is 1.36. The van der Waals surface area contributed by atoms with Gasteiger partial charge in [-0.05, 0) is 6.07 Å². The van der Waals surface area contributed by atoms with Crippen LogP contribution in [0.25, 0.3) is 0 Å². The van der Waals surface area contributed by atoms with Gasteiger partial charge in [0, 0.05) is 11.6 Å². The van der Waals surface area contributed by atoms with Gasteiger partial charge in [0.05, 0.1) is 0 Å². The number of hydrogen-bond donors (Lipinski definition) is 2. The highest BCUT2D eigenvalue weighted by Crippen LogP contribution is 2.15. The second kappa shape index (κ2) is 4.65. The molecule has 6 heteroatoms. The molecule has 0 radical (unpaired) electrons. The van der Waals surface area contributed by atoms with Gasteiger partial charge in [0.25, 0.3) is 0 Å². The maximum absolute atomic E-state index is 13.3. The predicted molar refractivity (Wildman–Crippen MR) is 61.6 cm³/mol. The summed E-state index contributed by atoms with van der Waals surface area (Å²) in [6, 6.07) is 7.76. The van der Waals surface area contributed by atoms with Crippen LogP contribution in [0.3, 0.4) is 0 Å². The second-order valence-corrected chi connectivity index (χ2v) is 3.37. The van der Waals surface area contributed by atoms with Crippen molar-refractivity contribution in [3.63, 3.8) is 0 Å². The van der Waals surface area contributed by atoms with Crippen molar-refractivity contribution in [3.8, 4) is 5.88 Å². The molecule has 0 aliphatic carbocycles. The molecule has 0 atom stereocenters. The van der Waals surface area contributed by atoms with Crippen LogP contribution in [0.2, 0.25) is 0 Å². The Morgan fingerprint density at radius 3 is 2.65 bits per heavy atom. The molecule has 0 fully saturated rings. The molecule has 2 aromatic rings. The molecule has 0 unspecified atom stereocenters. The van der Waals surface area contributed by atoms with E-state index in [0.29, 0.717) is 5.56 Å². The van der Waals surface area contributed by atoms with E-state index in [-0.39, 0.29) is 30.1 Å². The van der Waals surface area contributed by atoms with Crippen LogP contribution < -0.4 is 16.2 Å². The SMILES string of the molecule is Nc1cc(OCc2ccccc2F)nc(N)n1. The molecule has 0 aliphatic heterocycles. The van der Waals surface area contributed by atoms with Crippen molar-refractivity contribution in [1.29, 1.82) is 0 Å². The van der Waals surface area contributed by atoms with E-state index < -0.39 is 0 Å². The molecule has 0 bridgehead atoms. The first-order valence-corrected chi connectivity index (χ1v) is 4.91. The fourth-order valence-corrected chi connectivity index (χ4v) is 1.30. The number of hydrogen-bond acceptors (Lipinski definition) is 5. The Balaban J connectivity index is 2.10. The highest BCUT2D eigenvalue weighted by molar-refractivity contribution is 5.38. The van der Waals surface area contributed by atoms with E-state index in [1.165, 1.54) is 12.1 Å². The molecule has 0 saturated heterocycles. The van der Waals surface area contributed by atoms with Crippen LogP contribution in [0.5, 0.6) is 5.88 Å². The minimum atomic E-state index is -0.331. The van der Waals surface area contributed by atoms with E-state index in [9.17, 15) is 4.39 Å². The first-order chi connectivity index (χ1) is 8.15. The molecule has 4 N–H and O–H groups in total. The molecule has 1 aromatic carbocycles. The Morgan fingerprint density at radius 1 is 1.18 bits per heavy atom. The van der Waals surface area contributed by atoms with Crippen LogP contribution in [0.1, 0.15) is 5.56 Å². The number of benzene rings is 1. The van der Waals surface area contributed by atoms with E-state index in [1.54, 1.807) is 18.2 Å². The van der Waals surface area contributed by atoms with Gasteiger partial charge < -0.3 is 16.2 Å². The Morgan fingerprint density at radius 2 is 1.94 bits per heavy atom. The zero-order chi connectivity index (χ0) is 12.3. The van der Waals surface area contributed by atoms with Crippen LogP contribution in [0, 0.1) is 5.82 Å². The molecule has 2 rings (SSSR count). The van der Waals surface area contributed by atoms with Gasteiger partial charge in [0.15, 0.2) is 0 Å². The van der Waals surface area contributed by atoms with Gasteiger partial charge in [-0.2, -0.15) is 9.97 Å². The third kappa shape index (κ3) is 2.81. The maximum Gasteiger partial charge on any atom is 0.225 e. The Labute approximate surface area is 97.3 Å². The molecule has 0 aliphatic rings. The molecule has 1 heterocycles. The van der Waals surface area contributed by atoms with Crippen molar-refractivity contribution in [2.75, 3.05) is 11.5 Å². The third-order valence-corrected chi connectivity index (χ3v) is 2.07. The zero-order valence-electron chi connectivity index (χ0n) is 8.93. The fourth-order valence-electron chi connectivity index (χ4n) is 1.30. The van der Waals surface area contributed by atoms with Crippen molar-refractivity contribution in [2.45, 2.75) is 6.61 Å². The largest absolute Gasteiger partial charge is 0.473 e. The van der Waals surface area contributed by atoms with Gasteiger partial charge in [-0.3, -0.25) is 0 Å².